The van der Waals surface area contributed by atoms with Gasteiger partial charge in [0.05, 0.1) is 18.8 Å². The minimum Gasteiger partial charge on any atom is -0.486 e. The van der Waals surface area contributed by atoms with Crippen LogP contribution in [0.15, 0.2) is 18.2 Å². The first-order valence-electron chi connectivity index (χ1n) is 7.02. The van der Waals surface area contributed by atoms with Gasteiger partial charge in [0.25, 0.3) is 0 Å². The van der Waals surface area contributed by atoms with Crippen molar-refractivity contribution in [2.75, 3.05) is 32.0 Å². The summed E-state index contributed by atoms with van der Waals surface area (Å²) in [4.78, 5) is 12.4. The van der Waals surface area contributed by atoms with Crippen molar-refractivity contribution in [3.05, 3.63) is 23.8 Å². The molecule has 5 nitrogen and oxygen atoms in total. The lowest BCUT2D eigenvalue weighted by molar-refractivity contribution is -0.137. The Balaban J connectivity index is 1.93. The van der Waals surface area contributed by atoms with Crippen LogP contribution < -0.4 is 10.1 Å². The molecule has 1 aliphatic heterocycles. The molecule has 1 atom stereocenters. The summed E-state index contributed by atoms with van der Waals surface area (Å²) in [5, 5.41) is 12.1. The maximum Gasteiger partial charge on any atom is 0.317 e. The molecule has 0 radical (unpaired) electrons. The van der Waals surface area contributed by atoms with Crippen molar-refractivity contribution in [1.29, 1.82) is 0 Å². The molecule has 2 rings (SSSR count). The number of ether oxygens (including phenoxy) is 1. The van der Waals surface area contributed by atoms with E-state index in [0.29, 0.717) is 0 Å². The average molecular weight is 278 g/mol. The number of likely N-dealkylation sites (N-methyl/N-ethyl adjacent to an activating group) is 1. The summed E-state index contributed by atoms with van der Waals surface area (Å²) in [7, 11) is 1.82. The molecular formula is C15H22N2O3. The van der Waals surface area contributed by atoms with Crippen LogP contribution in [0.3, 0.4) is 0 Å². The third kappa shape index (κ3) is 3.87. The predicted octanol–water partition coefficient (Wildman–Crippen LogP) is 1.83. The molecule has 1 unspecified atom stereocenters. The van der Waals surface area contributed by atoms with Crippen LogP contribution in [0.2, 0.25) is 0 Å². The summed E-state index contributed by atoms with van der Waals surface area (Å²) in [5.41, 5.74) is 2.22. The zero-order valence-electron chi connectivity index (χ0n) is 12.1. The van der Waals surface area contributed by atoms with Crippen molar-refractivity contribution in [3.8, 4) is 5.75 Å². The molecule has 0 bridgehead atoms. The lowest BCUT2D eigenvalue weighted by atomic mass is 10.1. The van der Waals surface area contributed by atoms with Gasteiger partial charge in [0, 0.05) is 6.54 Å². The zero-order valence-corrected chi connectivity index (χ0v) is 12.1. The number of carbonyl (C=O) groups is 1. The summed E-state index contributed by atoms with van der Waals surface area (Å²) in [6, 6.07) is 6.14. The standard InChI is InChI=1S/C15H22N2O3/c1-3-12-9-16-13-8-11(4-5-14(13)20-12)6-7-17(2)10-15(18)19/h4-5,8,12,16H,3,6-7,9-10H2,1-2H3,(H,18,19). The predicted molar refractivity (Wildman–Crippen MR) is 78.5 cm³/mol. The van der Waals surface area contributed by atoms with E-state index in [1.807, 2.05) is 19.2 Å². The smallest absolute Gasteiger partial charge is 0.317 e. The third-order valence-electron chi connectivity index (χ3n) is 3.50. The van der Waals surface area contributed by atoms with E-state index in [0.717, 1.165) is 37.4 Å². The molecule has 1 aliphatic rings. The first-order valence-corrected chi connectivity index (χ1v) is 7.02. The summed E-state index contributed by atoms with van der Waals surface area (Å²) < 4.78 is 5.86. The number of nitrogens with zero attached hydrogens (tertiary/aromatic N) is 1. The molecule has 0 aromatic heterocycles. The van der Waals surface area contributed by atoms with E-state index in [4.69, 9.17) is 9.84 Å². The number of aliphatic carboxylic acids is 1. The molecule has 0 fully saturated rings. The number of rotatable bonds is 6. The van der Waals surface area contributed by atoms with Crippen LogP contribution in [0.5, 0.6) is 5.75 Å². The van der Waals surface area contributed by atoms with Crippen molar-refractivity contribution < 1.29 is 14.6 Å². The molecule has 0 aliphatic carbocycles. The molecule has 2 N–H and O–H groups in total. The molecule has 0 amide bonds. The van der Waals surface area contributed by atoms with Gasteiger partial charge in [-0.1, -0.05) is 13.0 Å². The van der Waals surface area contributed by atoms with Gasteiger partial charge < -0.3 is 15.2 Å². The number of hydrogen-bond donors (Lipinski definition) is 2. The van der Waals surface area contributed by atoms with Crippen LogP contribution in [-0.2, 0) is 11.2 Å². The quantitative estimate of drug-likeness (QED) is 0.831. The molecule has 1 aromatic rings. The molecule has 0 saturated heterocycles. The molecule has 1 aromatic carbocycles. The van der Waals surface area contributed by atoms with Crippen molar-refractivity contribution in [2.24, 2.45) is 0 Å². The first-order chi connectivity index (χ1) is 9.58. The monoisotopic (exact) mass is 278 g/mol. The second-order valence-electron chi connectivity index (χ2n) is 5.24. The Labute approximate surface area is 119 Å². The number of carboxylic acid groups (broad SMARTS) is 1. The summed E-state index contributed by atoms with van der Waals surface area (Å²) in [5.74, 6) is 0.115. The highest BCUT2D eigenvalue weighted by Crippen LogP contribution is 2.30. The van der Waals surface area contributed by atoms with Gasteiger partial charge in [-0.2, -0.15) is 0 Å². The zero-order chi connectivity index (χ0) is 14.5. The van der Waals surface area contributed by atoms with Gasteiger partial charge in [-0.15, -0.1) is 0 Å². The normalized spacial score (nSPS) is 17.2. The Morgan fingerprint density at radius 2 is 2.35 bits per heavy atom. The highest BCUT2D eigenvalue weighted by atomic mass is 16.5. The largest absolute Gasteiger partial charge is 0.486 e. The molecular weight excluding hydrogens is 256 g/mol. The molecule has 1 heterocycles. The lowest BCUT2D eigenvalue weighted by Gasteiger charge is -2.27. The van der Waals surface area contributed by atoms with Crippen molar-refractivity contribution in [1.82, 2.24) is 4.90 Å². The Hall–Kier alpha value is -1.75. The maximum atomic E-state index is 10.6. The molecule has 0 saturated carbocycles. The van der Waals surface area contributed by atoms with E-state index >= 15 is 0 Å². The maximum absolute atomic E-state index is 10.6. The number of fused-ring (bicyclic) bond motifs is 1. The van der Waals surface area contributed by atoms with E-state index in [1.165, 1.54) is 5.56 Å². The van der Waals surface area contributed by atoms with Crippen LogP contribution in [0.4, 0.5) is 5.69 Å². The summed E-state index contributed by atoms with van der Waals surface area (Å²) in [6.45, 7) is 3.75. The van der Waals surface area contributed by atoms with Crippen LogP contribution in [-0.4, -0.2) is 48.8 Å². The number of nitrogens with one attached hydrogen (secondary N) is 1. The van der Waals surface area contributed by atoms with E-state index in [2.05, 4.69) is 18.3 Å². The summed E-state index contributed by atoms with van der Waals surface area (Å²) in [6.07, 6.45) is 2.07. The second-order valence-corrected chi connectivity index (χ2v) is 5.24. The number of hydrogen-bond acceptors (Lipinski definition) is 4. The van der Waals surface area contributed by atoms with Crippen molar-refractivity contribution >= 4 is 11.7 Å². The fourth-order valence-electron chi connectivity index (χ4n) is 2.28. The number of carboxylic acids is 1. The van der Waals surface area contributed by atoms with Gasteiger partial charge in [0.1, 0.15) is 11.9 Å². The van der Waals surface area contributed by atoms with E-state index in [9.17, 15) is 4.79 Å². The molecule has 110 valence electrons. The minimum atomic E-state index is -0.793. The van der Waals surface area contributed by atoms with Gasteiger partial charge in [0.15, 0.2) is 0 Å². The van der Waals surface area contributed by atoms with E-state index in [-0.39, 0.29) is 12.6 Å². The first kappa shape index (κ1) is 14.7. The second kappa shape index (κ2) is 6.61. The van der Waals surface area contributed by atoms with E-state index < -0.39 is 5.97 Å². The Morgan fingerprint density at radius 3 is 3.05 bits per heavy atom. The lowest BCUT2D eigenvalue weighted by Crippen LogP contribution is -2.30. The van der Waals surface area contributed by atoms with Crippen LogP contribution in [0, 0.1) is 0 Å². The number of anilines is 1. The highest BCUT2D eigenvalue weighted by Gasteiger charge is 2.17. The van der Waals surface area contributed by atoms with Gasteiger partial charge in [-0.05, 0) is 37.6 Å². The minimum absolute atomic E-state index is 0.0739. The van der Waals surface area contributed by atoms with Crippen LogP contribution in [0.1, 0.15) is 18.9 Å². The molecule has 5 heteroatoms. The molecule has 0 spiro atoms. The third-order valence-corrected chi connectivity index (χ3v) is 3.50. The Morgan fingerprint density at radius 1 is 1.55 bits per heavy atom. The van der Waals surface area contributed by atoms with Crippen LogP contribution >= 0.6 is 0 Å². The van der Waals surface area contributed by atoms with Gasteiger partial charge in [-0.25, -0.2) is 0 Å². The van der Waals surface area contributed by atoms with Gasteiger partial charge in [-0.3, -0.25) is 9.69 Å². The Bertz CT molecular complexity index is 476. The van der Waals surface area contributed by atoms with E-state index in [1.54, 1.807) is 4.90 Å². The van der Waals surface area contributed by atoms with Crippen molar-refractivity contribution in [3.63, 3.8) is 0 Å². The topological polar surface area (TPSA) is 61.8 Å². The average Bonchev–Trinajstić information content (AvgIpc) is 2.43. The fourth-order valence-corrected chi connectivity index (χ4v) is 2.28. The molecule has 20 heavy (non-hydrogen) atoms. The SMILES string of the molecule is CCC1CNc2cc(CCN(C)CC(=O)O)ccc2O1. The Kier molecular flexibility index (Phi) is 4.84. The fraction of sp³-hybridized carbons (Fsp3) is 0.533. The van der Waals surface area contributed by atoms with Crippen LogP contribution in [0.25, 0.3) is 0 Å². The number of benzene rings is 1. The highest BCUT2D eigenvalue weighted by molar-refractivity contribution is 5.69. The summed E-state index contributed by atoms with van der Waals surface area (Å²) >= 11 is 0. The van der Waals surface area contributed by atoms with Gasteiger partial charge >= 0.3 is 5.97 Å². The van der Waals surface area contributed by atoms with Gasteiger partial charge in [0.2, 0.25) is 0 Å². The van der Waals surface area contributed by atoms with Crippen molar-refractivity contribution in [2.45, 2.75) is 25.9 Å².